The number of imidazole rings is 1. The van der Waals surface area contributed by atoms with E-state index in [1.165, 1.54) is 0 Å². The number of nitrogens with zero attached hydrogens (tertiary/aromatic N) is 5. The Morgan fingerprint density at radius 3 is 2.75 bits per heavy atom. The first-order valence-electron chi connectivity index (χ1n) is 13.1. The van der Waals surface area contributed by atoms with Crippen LogP contribution in [-0.2, 0) is 4.74 Å². The van der Waals surface area contributed by atoms with Crippen LogP contribution in [0.1, 0.15) is 47.0 Å². The summed E-state index contributed by atoms with van der Waals surface area (Å²) in [6.07, 6.45) is 13.5. The van der Waals surface area contributed by atoms with Gasteiger partial charge in [0.05, 0.1) is 6.33 Å². The number of pyridine rings is 1. The van der Waals surface area contributed by atoms with E-state index in [0.717, 1.165) is 53.9 Å². The maximum atomic E-state index is 12.8. The summed E-state index contributed by atoms with van der Waals surface area (Å²) in [5.41, 5.74) is 6.54. The van der Waals surface area contributed by atoms with E-state index in [0.29, 0.717) is 28.3 Å². The Bertz CT molecular complexity index is 1730. The summed E-state index contributed by atoms with van der Waals surface area (Å²) in [7, 11) is 0. The zero-order valence-electron chi connectivity index (χ0n) is 22.0. The Hall–Kier alpha value is -5.07. The van der Waals surface area contributed by atoms with Crippen molar-refractivity contribution in [2.45, 2.75) is 32.4 Å². The third-order valence-corrected chi connectivity index (χ3v) is 6.95. The van der Waals surface area contributed by atoms with Gasteiger partial charge in [0.2, 0.25) is 0 Å². The molecule has 1 atom stereocenters. The first kappa shape index (κ1) is 25.2. The minimum atomic E-state index is -0.224. The van der Waals surface area contributed by atoms with Crippen LogP contribution in [0.4, 0.5) is 17.2 Å². The second kappa shape index (κ2) is 11.0. The van der Waals surface area contributed by atoms with Gasteiger partial charge in [0.25, 0.3) is 5.91 Å². The van der Waals surface area contributed by atoms with E-state index >= 15 is 0 Å². The number of aromatic nitrogens is 5. The van der Waals surface area contributed by atoms with Crippen molar-refractivity contribution in [1.29, 1.82) is 0 Å². The van der Waals surface area contributed by atoms with Crippen LogP contribution in [-0.4, -0.2) is 37.0 Å². The summed E-state index contributed by atoms with van der Waals surface area (Å²) in [6, 6.07) is 16.4. The highest BCUT2D eigenvalue weighted by Gasteiger charge is 2.22. The number of hydrogen-bond acceptors (Lipinski definition) is 7. The van der Waals surface area contributed by atoms with Gasteiger partial charge in [0.1, 0.15) is 29.6 Å². The average Bonchev–Trinajstić information content (AvgIpc) is 3.44. The third kappa shape index (κ3) is 5.00. The zero-order chi connectivity index (χ0) is 27.5. The highest BCUT2D eigenvalue weighted by atomic mass is 16.5. The maximum Gasteiger partial charge on any atom is 0.255 e. The average molecular weight is 530 g/mol. The van der Waals surface area contributed by atoms with Crippen LogP contribution >= 0.6 is 0 Å². The zero-order valence-corrected chi connectivity index (χ0v) is 22.0. The first-order valence-corrected chi connectivity index (χ1v) is 13.1. The molecule has 2 aromatic carbocycles. The quantitative estimate of drug-likeness (QED) is 0.265. The summed E-state index contributed by atoms with van der Waals surface area (Å²) in [4.78, 5) is 31.2. The summed E-state index contributed by atoms with van der Waals surface area (Å²) >= 11 is 0. The van der Waals surface area contributed by atoms with Gasteiger partial charge in [-0.25, -0.2) is 19.9 Å². The van der Waals surface area contributed by atoms with Crippen LogP contribution in [0.2, 0.25) is 0 Å². The fourth-order valence-corrected chi connectivity index (χ4v) is 4.78. The molecule has 9 heteroatoms. The van der Waals surface area contributed by atoms with Crippen molar-refractivity contribution in [3.63, 3.8) is 0 Å². The van der Waals surface area contributed by atoms with Crippen LogP contribution in [0.3, 0.4) is 0 Å². The van der Waals surface area contributed by atoms with Crippen LogP contribution in [0.5, 0.6) is 0 Å². The topological polar surface area (TPSA) is 107 Å². The number of benzene rings is 2. The lowest BCUT2D eigenvalue weighted by atomic mass is 10.1. The van der Waals surface area contributed by atoms with Crippen molar-refractivity contribution in [2.75, 3.05) is 17.2 Å². The molecule has 4 heterocycles. The van der Waals surface area contributed by atoms with Crippen LogP contribution in [0.15, 0.2) is 73.4 Å². The van der Waals surface area contributed by atoms with Crippen molar-refractivity contribution in [3.8, 4) is 23.6 Å². The van der Waals surface area contributed by atoms with E-state index in [9.17, 15) is 4.79 Å². The summed E-state index contributed by atoms with van der Waals surface area (Å²) in [5, 5.41) is 6.40. The Morgan fingerprint density at radius 1 is 1.07 bits per heavy atom. The Kier molecular flexibility index (Phi) is 6.91. The van der Waals surface area contributed by atoms with E-state index in [1.807, 2.05) is 41.8 Å². The third-order valence-electron chi connectivity index (χ3n) is 6.95. The molecular formula is C31H27N7O2. The second-order valence-electron chi connectivity index (χ2n) is 9.60. The lowest BCUT2D eigenvalue weighted by molar-refractivity contribution is -0.0298. The van der Waals surface area contributed by atoms with Gasteiger partial charge in [-0.1, -0.05) is 12.0 Å². The lowest BCUT2D eigenvalue weighted by Crippen LogP contribution is -2.17. The van der Waals surface area contributed by atoms with Gasteiger partial charge >= 0.3 is 0 Å². The molecule has 1 fully saturated rings. The Labute approximate surface area is 231 Å². The van der Waals surface area contributed by atoms with Gasteiger partial charge in [0.15, 0.2) is 5.65 Å². The Balaban J connectivity index is 1.29. The lowest BCUT2D eigenvalue weighted by Gasteiger charge is -2.23. The monoisotopic (exact) mass is 529 g/mol. The smallest absolute Gasteiger partial charge is 0.255 e. The van der Waals surface area contributed by atoms with Crippen LogP contribution < -0.4 is 10.6 Å². The number of carbonyl (C=O) groups excluding carboxylic acids is 1. The van der Waals surface area contributed by atoms with E-state index in [1.54, 1.807) is 43.1 Å². The first-order chi connectivity index (χ1) is 19.6. The predicted octanol–water partition coefficient (Wildman–Crippen LogP) is 5.87. The molecule has 0 radical (unpaired) electrons. The molecule has 0 aliphatic carbocycles. The number of terminal acetylenes is 1. The fraction of sp³-hybridized carbons (Fsp3) is 0.194. The number of rotatable bonds is 6. The van der Waals surface area contributed by atoms with Crippen LogP contribution in [0, 0.1) is 19.3 Å². The largest absolute Gasteiger partial charge is 0.358 e. The number of ether oxygens (including phenoxy) is 1. The molecule has 0 spiro atoms. The van der Waals surface area contributed by atoms with Crippen molar-refractivity contribution in [3.05, 3.63) is 90.1 Å². The number of fused-ring (bicyclic) bond motifs is 1. The van der Waals surface area contributed by atoms with Gasteiger partial charge in [-0.2, -0.15) is 0 Å². The molecule has 1 amide bonds. The van der Waals surface area contributed by atoms with Crippen molar-refractivity contribution in [1.82, 2.24) is 24.5 Å². The standard InChI is InChI=1S/C31H27N7O2/c1-3-21-10-12-22(13-11-21)31(39)36-23-14-9-20(2)25(17-23)37-29-24(7-6-15-32-29)27-28-30(34-18-33-27)38(19-35-28)26-8-4-5-16-40-26/h1,6-7,9-15,17-19,26H,4-5,8,16H2,2H3,(H,32,37)(H,36,39). The minimum Gasteiger partial charge on any atom is -0.358 e. The molecule has 6 rings (SSSR count). The van der Waals surface area contributed by atoms with Gasteiger partial charge in [-0.05, 0) is 80.3 Å². The van der Waals surface area contributed by atoms with Crippen molar-refractivity contribution < 1.29 is 9.53 Å². The number of aryl methyl sites for hydroxylation is 1. The number of hydrogen-bond donors (Lipinski definition) is 2. The molecule has 5 aromatic rings. The van der Waals surface area contributed by atoms with Crippen molar-refractivity contribution >= 4 is 34.3 Å². The summed E-state index contributed by atoms with van der Waals surface area (Å²) < 4.78 is 7.95. The van der Waals surface area contributed by atoms with Gasteiger partial charge in [0, 0.05) is 40.9 Å². The molecule has 40 heavy (non-hydrogen) atoms. The van der Waals surface area contributed by atoms with Crippen LogP contribution in [0.25, 0.3) is 22.4 Å². The van der Waals surface area contributed by atoms with Gasteiger partial charge < -0.3 is 15.4 Å². The summed E-state index contributed by atoms with van der Waals surface area (Å²) in [6.45, 7) is 2.72. The van der Waals surface area contributed by atoms with Crippen molar-refractivity contribution in [2.24, 2.45) is 0 Å². The van der Waals surface area contributed by atoms with E-state index in [2.05, 4.69) is 36.5 Å². The molecule has 198 valence electrons. The molecule has 1 aliphatic heterocycles. The fourth-order valence-electron chi connectivity index (χ4n) is 4.78. The molecule has 3 aromatic heterocycles. The molecule has 0 bridgehead atoms. The molecule has 1 aliphatic rings. The molecule has 2 N–H and O–H groups in total. The maximum absolute atomic E-state index is 12.8. The van der Waals surface area contributed by atoms with E-state index < -0.39 is 0 Å². The SMILES string of the molecule is C#Cc1ccc(C(=O)Nc2ccc(C)c(Nc3ncccc3-c3ncnc4c3ncn4C3CCCCO3)c2)cc1. The number of carbonyl (C=O) groups is 1. The normalized spacial score (nSPS) is 14.9. The minimum absolute atomic E-state index is 0.0798. The second-order valence-corrected chi connectivity index (χ2v) is 9.60. The molecule has 1 unspecified atom stereocenters. The van der Waals surface area contributed by atoms with Gasteiger partial charge in [-0.3, -0.25) is 9.36 Å². The summed E-state index contributed by atoms with van der Waals surface area (Å²) in [5.74, 6) is 2.95. The van der Waals surface area contributed by atoms with Gasteiger partial charge in [-0.15, -0.1) is 6.42 Å². The predicted molar refractivity (Wildman–Crippen MR) is 154 cm³/mol. The Morgan fingerprint density at radius 2 is 1.95 bits per heavy atom. The van der Waals surface area contributed by atoms with E-state index in [4.69, 9.17) is 11.2 Å². The molecular weight excluding hydrogens is 502 g/mol. The molecule has 1 saturated heterocycles. The highest BCUT2D eigenvalue weighted by molar-refractivity contribution is 6.04. The highest BCUT2D eigenvalue weighted by Crippen LogP contribution is 2.34. The number of nitrogens with one attached hydrogen (secondary N) is 2. The molecule has 0 saturated carbocycles. The number of amides is 1. The number of anilines is 3. The van der Waals surface area contributed by atoms with E-state index in [-0.39, 0.29) is 12.1 Å². The molecule has 9 nitrogen and oxygen atoms in total.